The van der Waals surface area contributed by atoms with E-state index in [1.54, 1.807) is 11.8 Å². The number of carbonyl (C=O) groups is 2. The van der Waals surface area contributed by atoms with Gasteiger partial charge in [-0.2, -0.15) is 0 Å². The van der Waals surface area contributed by atoms with Gasteiger partial charge in [0.2, 0.25) is 0 Å². The Bertz CT molecular complexity index is 504. The Labute approximate surface area is 118 Å². The highest BCUT2D eigenvalue weighted by Crippen LogP contribution is 2.20. The molecular formula is C12H20N2O5S. The van der Waals surface area contributed by atoms with Gasteiger partial charge in [-0.05, 0) is 19.8 Å². The van der Waals surface area contributed by atoms with Crippen LogP contribution in [-0.2, 0) is 14.6 Å². The lowest BCUT2D eigenvalue weighted by atomic mass is 9.98. The third-order valence-corrected chi connectivity index (χ3v) is 5.75. The number of amides is 2. The van der Waals surface area contributed by atoms with Gasteiger partial charge in [0.1, 0.15) is 0 Å². The van der Waals surface area contributed by atoms with E-state index in [9.17, 15) is 18.0 Å². The molecule has 0 aromatic carbocycles. The van der Waals surface area contributed by atoms with Crippen molar-refractivity contribution < 1.29 is 23.1 Å². The van der Waals surface area contributed by atoms with Crippen LogP contribution < -0.4 is 0 Å². The second kappa shape index (κ2) is 5.59. The minimum atomic E-state index is -3.06. The van der Waals surface area contributed by atoms with Gasteiger partial charge in [-0.25, -0.2) is 13.2 Å². The van der Waals surface area contributed by atoms with Gasteiger partial charge in [0, 0.05) is 25.7 Å². The first kappa shape index (κ1) is 15.1. The number of aliphatic carboxylic acids is 1. The molecule has 2 heterocycles. The fourth-order valence-electron chi connectivity index (χ4n) is 2.82. The van der Waals surface area contributed by atoms with E-state index in [0.29, 0.717) is 19.4 Å². The number of rotatable bonds is 1. The zero-order valence-electron chi connectivity index (χ0n) is 11.5. The Balaban J connectivity index is 2.02. The number of piperidine rings is 1. The number of sulfone groups is 1. The van der Waals surface area contributed by atoms with Crippen molar-refractivity contribution in [3.8, 4) is 0 Å². The molecule has 0 saturated carbocycles. The molecule has 2 aliphatic rings. The molecule has 2 saturated heterocycles. The molecule has 2 amide bonds. The van der Waals surface area contributed by atoms with E-state index in [0.717, 1.165) is 0 Å². The van der Waals surface area contributed by atoms with Crippen molar-refractivity contribution in [1.82, 2.24) is 9.80 Å². The molecule has 0 radical (unpaired) electrons. The largest absolute Gasteiger partial charge is 0.481 e. The van der Waals surface area contributed by atoms with Crippen LogP contribution in [0.15, 0.2) is 0 Å². The maximum atomic E-state index is 12.4. The Morgan fingerprint density at radius 1 is 1.25 bits per heavy atom. The minimum Gasteiger partial charge on any atom is -0.481 e. The molecule has 20 heavy (non-hydrogen) atoms. The molecule has 8 heteroatoms. The molecule has 2 unspecified atom stereocenters. The van der Waals surface area contributed by atoms with Crippen molar-refractivity contribution in [2.75, 3.05) is 31.1 Å². The molecular weight excluding hydrogens is 284 g/mol. The van der Waals surface area contributed by atoms with E-state index in [2.05, 4.69) is 0 Å². The third kappa shape index (κ3) is 3.23. The zero-order valence-corrected chi connectivity index (χ0v) is 12.3. The Morgan fingerprint density at radius 2 is 1.95 bits per heavy atom. The molecule has 7 nitrogen and oxygen atoms in total. The molecule has 0 aromatic heterocycles. The maximum absolute atomic E-state index is 12.4. The van der Waals surface area contributed by atoms with E-state index in [4.69, 9.17) is 5.11 Å². The van der Waals surface area contributed by atoms with Crippen LogP contribution in [0.3, 0.4) is 0 Å². The summed E-state index contributed by atoms with van der Waals surface area (Å²) in [4.78, 5) is 26.5. The SMILES string of the molecule is CC1CS(=O)(=O)CCN1C(=O)N1CCCC(C(=O)O)C1. The molecule has 2 fully saturated rings. The van der Waals surface area contributed by atoms with Crippen LogP contribution in [0.1, 0.15) is 19.8 Å². The molecule has 0 aromatic rings. The van der Waals surface area contributed by atoms with Gasteiger partial charge in [0.25, 0.3) is 0 Å². The molecule has 0 aliphatic carbocycles. The average Bonchev–Trinajstić information content (AvgIpc) is 2.37. The Hall–Kier alpha value is -1.31. The highest BCUT2D eigenvalue weighted by Gasteiger charge is 2.36. The number of carbonyl (C=O) groups excluding carboxylic acids is 1. The number of hydrogen-bond acceptors (Lipinski definition) is 4. The highest BCUT2D eigenvalue weighted by atomic mass is 32.2. The van der Waals surface area contributed by atoms with Gasteiger partial charge in [-0.15, -0.1) is 0 Å². The first-order chi connectivity index (χ1) is 9.30. The first-order valence-corrected chi connectivity index (χ1v) is 8.61. The van der Waals surface area contributed by atoms with Crippen molar-refractivity contribution in [1.29, 1.82) is 0 Å². The van der Waals surface area contributed by atoms with Crippen LogP contribution in [0.5, 0.6) is 0 Å². The molecule has 2 rings (SSSR count). The van der Waals surface area contributed by atoms with Crippen molar-refractivity contribution in [2.45, 2.75) is 25.8 Å². The van der Waals surface area contributed by atoms with E-state index in [1.165, 1.54) is 4.90 Å². The van der Waals surface area contributed by atoms with E-state index < -0.39 is 21.7 Å². The number of likely N-dealkylation sites (tertiary alicyclic amines) is 1. The summed E-state index contributed by atoms with van der Waals surface area (Å²) in [6.45, 7) is 2.66. The molecule has 2 aliphatic heterocycles. The first-order valence-electron chi connectivity index (χ1n) is 6.79. The van der Waals surface area contributed by atoms with Gasteiger partial charge in [-0.3, -0.25) is 4.79 Å². The van der Waals surface area contributed by atoms with E-state index >= 15 is 0 Å². The molecule has 0 spiro atoms. The summed E-state index contributed by atoms with van der Waals surface area (Å²) in [6, 6.07) is -0.593. The number of hydrogen-bond donors (Lipinski definition) is 1. The number of urea groups is 1. The summed E-state index contributed by atoms with van der Waals surface area (Å²) in [5, 5.41) is 9.04. The monoisotopic (exact) mass is 304 g/mol. The fourth-order valence-corrected chi connectivity index (χ4v) is 4.37. The molecule has 114 valence electrons. The smallest absolute Gasteiger partial charge is 0.320 e. The lowest BCUT2D eigenvalue weighted by Gasteiger charge is -2.39. The summed E-state index contributed by atoms with van der Waals surface area (Å²) in [5.41, 5.74) is 0. The summed E-state index contributed by atoms with van der Waals surface area (Å²) in [7, 11) is -3.06. The van der Waals surface area contributed by atoms with E-state index in [-0.39, 0.29) is 36.7 Å². The average molecular weight is 304 g/mol. The Morgan fingerprint density at radius 3 is 2.55 bits per heavy atom. The van der Waals surface area contributed by atoms with Crippen LogP contribution in [0.4, 0.5) is 4.79 Å². The van der Waals surface area contributed by atoms with Crippen LogP contribution in [0.2, 0.25) is 0 Å². The second-order valence-corrected chi connectivity index (χ2v) is 7.79. The maximum Gasteiger partial charge on any atom is 0.320 e. The molecule has 1 N–H and O–H groups in total. The Kier molecular flexibility index (Phi) is 4.22. The number of carboxylic acids is 1. The van der Waals surface area contributed by atoms with Crippen molar-refractivity contribution in [3.05, 3.63) is 0 Å². The van der Waals surface area contributed by atoms with Crippen LogP contribution >= 0.6 is 0 Å². The van der Waals surface area contributed by atoms with E-state index in [1.807, 2.05) is 0 Å². The summed E-state index contributed by atoms with van der Waals surface area (Å²) in [6.07, 6.45) is 1.26. The second-order valence-electron chi connectivity index (χ2n) is 5.56. The zero-order chi connectivity index (χ0) is 14.9. The van der Waals surface area contributed by atoms with Crippen LogP contribution in [0.25, 0.3) is 0 Å². The standard InChI is InChI=1S/C12H20N2O5S/c1-9-8-20(18,19)6-5-14(9)12(17)13-4-2-3-10(7-13)11(15)16/h9-10H,2-8H2,1H3,(H,15,16). The predicted octanol–water partition coefficient (Wildman–Crippen LogP) is 0.0219. The van der Waals surface area contributed by atoms with Crippen LogP contribution in [0, 0.1) is 5.92 Å². The normalized spacial score (nSPS) is 30.1. The summed E-state index contributed by atoms with van der Waals surface area (Å²) >= 11 is 0. The van der Waals surface area contributed by atoms with Gasteiger partial charge >= 0.3 is 12.0 Å². The molecule has 2 atom stereocenters. The quantitative estimate of drug-likeness (QED) is 0.737. The van der Waals surface area contributed by atoms with Crippen molar-refractivity contribution in [2.24, 2.45) is 5.92 Å². The van der Waals surface area contributed by atoms with Crippen LogP contribution in [-0.4, -0.2) is 72.5 Å². The minimum absolute atomic E-state index is 0.0146. The molecule has 0 bridgehead atoms. The lowest BCUT2D eigenvalue weighted by molar-refractivity contribution is -0.143. The highest BCUT2D eigenvalue weighted by molar-refractivity contribution is 7.91. The third-order valence-electron chi connectivity index (χ3n) is 3.96. The number of carboxylic acid groups (broad SMARTS) is 1. The topological polar surface area (TPSA) is 95.0 Å². The van der Waals surface area contributed by atoms with Gasteiger partial charge in [0.05, 0.1) is 17.4 Å². The fraction of sp³-hybridized carbons (Fsp3) is 0.833. The van der Waals surface area contributed by atoms with Crippen molar-refractivity contribution >= 4 is 21.8 Å². The van der Waals surface area contributed by atoms with Gasteiger partial charge in [0.15, 0.2) is 9.84 Å². The lowest BCUT2D eigenvalue weighted by Crippen LogP contribution is -2.56. The number of nitrogens with zero attached hydrogens (tertiary/aromatic N) is 2. The predicted molar refractivity (Wildman–Crippen MR) is 72.2 cm³/mol. The summed E-state index contributed by atoms with van der Waals surface area (Å²) < 4.78 is 23.0. The van der Waals surface area contributed by atoms with Gasteiger partial charge < -0.3 is 14.9 Å². The van der Waals surface area contributed by atoms with Crippen molar-refractivity contribution in [3.63, 3.8) is 0 Å². The summed E-state index contributed by atoms with van der Waals surface area (Å²) in [5.74, 6) is -1.43. The van der Waals surface area contributed by atoms with Gasteiger partial charge in [-0.1, -0.05) is 0 Å².